The van der Waals surface area contributed by atoms with Gasteiger partial charge in [-0.1, -0.05) is 0 Å². The van der Waals surface area contributed by atoms with Crippen LogP contribution in [0.2, 0.25) is 0 Å². The van der Waals surface area contributed by atoms with E-state index in [0.717, 1.165) is 12.3 Å². The lowest BCUT2D eigenvalue weighted by Crippen LogP contribution is -2.06. The monoisotopic (exact) mass is 155 g/mol. The van der Waals surface area contributed by atoms with Gasteiger partial charge in [0.05, 0.1) is 6.20 Å². The van der Waals surface area contributed by atoms with E-state index >= 15 is 0 Å². The summed E-state index contributed by atoms with van der Waals surface area (Å²) in [7, 11) is 0. The molecule has 1 heterocycles. The summed E-state index contributed by atoms with van der Waals surface area (Å²) in [5.74, 6) is -1.01. The Bertz CT molecular complexity index is 258. The zero-order valence-electron chi connectivity index (χ0n) is 5.62. The summed E-state index contributed by atoms with van der Waals surface area (Å²) >= 11 is 0. The van der Waals surface area contributed by atoms with Gasteiger partial charge < -0.3 is 5.11 Å². The number of ketones is 1. The van der Waals surface area contributed by atoms with Crippen LogP contribution in [0.5, 0.6) is 0 Å². The predicted molar refractivity (Wildman–Crippen MR) is 35.6 cm³/mol. The molecular formula is C7H6FNO2. The Balaban J connectivity index is 2.90. The summed E-state index contributed by atoms with van der Waals surface area (Å²) in [5, 5.41) is 8.37. The Morgan fingerprint density at radius 2 is 2.36 bits per heavy atom. The molecule has 0 unspecified atom stereocenters. The molecule has 1 aromatic heterocycles. The maximum atomic E-state index is 12.2. The summed E-state index contributed by atoms with van der Waals surface area (Å²) in [6.45, 7) is -0.599. The Morgan fingerprint density at radius 1 is 1.64 bits per heavy atom. The highest BCUT2D eigenvalue weighted by Crippen LogP contribution is 1.98. The summed E-state index contributed by atoms with van der Waals surface area (Å²) in [6.07, 6.45) is 0.933. The number of halogens is 1. The first kappa shape index (κ1) is 7.81. The second kappa shape index (κ2) is 3.21. The number of aliphatic hydroxyl groups excluding tert-OH is 1. The van der Waals surface area contributed by atoms with Crippen molar-refractivity contribution in [3.05, 3.63) is 29.8 Å². The fourth-order valence-electron chi connectivity index (χ4n) is 0.622. The molecule has 0 aliphatic rings. The molecule has 0 amide bonds. The quantitative estimate of drug-likeness (QED) is 0.629. The topological polar surface area (TPSA) is 50.2 Å². The number of aliphatic hydroxyl groups is 1. The molecule has 0 bridgehead atoms. The predicted octanol–water partition coefficient (Wildman–Crippen LogP) is 0.396. The first-order valence-corrected chi connectivity index (χ1v) is 2.99. The van der Waals surface area contributed by atoms with E-state index in [1.807, 2.05) is 0 Å². The van der Waals surface area contributed by atoms with Gasteiger partial charge in [-0.05, 0) is 12.1 Å². The third-order valence-electron chi connectivity index (χ3n) is 1.16. The van der Waals surface area contributed by atoms with Crippen molar-refractivity contribution in [2.75, 3.05) is 6.61 Å². The van der Waals surface area contributed by atoms with E-state index in [4.69, 9.17) is 5.11 Å². The van der Waals surface area contributed by atoms with Crippen LogP contribution in [0, 0.1) is 5.82 Å². The molecule has 1 rings (SSSR count). The summed E-state index contributed by atoms with van der Waals surface area (Å²) in [4.78, 5) is 14.2. The van der Waals surface area contributed by atoms with Crippen molar-refractivity contribution in [3.63, 3.8) is 0 Å². The molecule has 0 saturated heterocycles. The van der Waals surface area contributed by atoms with Gasteiger partial charge in [0, 0.05) is 0 Å². The molecule has 0 aliphatic carbocycles. The average molecular weight is 155 g/mol. The highest BCUT2D eigenvalue weighted by Gasteiger charge is 2.03. The zero-order valence-corrected chi connectivity index (χ0v) is 5.62. The van der Waals surface area contributed by atoms with E-state index in [9.17, 15) is 9.18 Å². The van der Waals surface area contributed by atoms with Gasteiger partial charge in [-0.15, -0.1) is 0 Å². The lowest BCUT2D eigenvalue weighted by Gasteiger charge is -1.93. The zero-order chi connectivity index (χ0) is 8.27. The largest absolute Gasteiger partial charge is 0.388 e. The van der Waals surface area contributed by atoms with Crippen LogP contribution in [0.3, 0.4) is 0 Å². The van der Waals surface area contributed by atoms with Crippen LogP contribution in [0.15, 0.2) is 18.3 Å². The summed E-state index contributed by atoms with van der Waals surface area (Å²) in [6, 6.07) is 2.35. The molecule has 11 heavy (non-hydrogen) atoms. The Labute approximate surface area is 62.5 Å². The second-order valence-electron chi connectivity index (χ2n) is 1.94. The number of Topliss-reactive ketones (excluding diaryl/α,β-unsaturated/α-hetero) is 1. The van der Waals surface area contributed by atoms with Crippen molar-refractivity contribution in [2.24, 2.45) is 0 Å². The molecule has 0 radical (unpaired) electrons. The molecule has 0 fully saturated rings. The minimum atomic E-state index is -0.599. The number of carbonyl (C=O) groups excluding carboxylic acids is 1. The van der Waals surface area contributed by atoms with Crippen molar-refractivity contribution in [1.29, 1.82) is 0 Å². The van der Waals surface area contributed by atoms with Crippen LogP contribution in [0.25, 0.3) is 0 Å². The van der Waals surface area contributed by atoms with Crippen LogP contribution in [0.1, 0.15) is 10.5 Å². The van der Waals surface area contributed by atoms with E-state index in [1.54, 1.807) is 0 Å². The van der Waals surface area contributed by atoms with E-state index < -0.39 is 18.2 Å². The van der Waals surface area contributed by atoms with Gasteiger partial charge in [-0.3, -0.25) is 4.79 Å². The van der Waals surface area contributed by atoms with Crippen molar-refractivity contribution in [3.8, 4) is 0 Å². The Hall–Kier alpha value is -1.29. The second-order valence-corrected chi connectivity index (χ2v) is 1.94. The van der Waals surface area contributed by atoms with Crippen LogP contribution >= 0.6 is 0 Å². The van der Waals surface area contributed by atoms with Crippen LogP contribution in [0.4, 0.5) is 4.39 Å². The average Bonchev–Trinajstić information content (AvgIpc) is 2.05. The highest BCUT2D eigenvalue weighted by atomic mass is 19.1. The van der Waals surface area contributed by atoms with Crippen LogP contribution in [-0.2, 0) is 0 Å². The first-order valence-electron chi connectivity index (χ1n) is 2.99. The van der Waals surface area contributed by atoms with Crippen molar-refractivity contribution >= 4 is 5.78 Å². The van der Waals surface area contributed by atoms with Gasteiger partial charge in [-0.2, -0.15) is 0 Å². The number of pyridine rings is 1. The number of nitrogens with zero attached hydrogens (tertiary/aromatic N) is 1. The lowest BCUT2D eigenvalue weighted by atomic mass is 10.2. The summed E-state index contributed by atoms with van der Waals surface area (Å²) in [5.41, 5.74) is 0.0777. The van der Waals surface area contributed by atoms with E-state index in [-0.39, 0.29) is 5.69 Å². The fourth-order valence-corrected chi connectivity index (χ4v) is 0.622. The standard InChI is InChI=1S/C7H6FNO2/c8-5-1-2-6(9-3-5)7(11)4-10/h1-3,10H,4H2. The van der Waals surface area contributed by atoms with Gasteiger partial charge >= 0.3 is 0 Å². The van der Waals surface area contributed by atoms with Gasteiger partial charge in [0.15, 0.2) is 0 Å². The molecular weight excluding hydrogens is 149 g/mol. The first-order chi connectivity index (χ1) is 5.24. The van der Waals surface area contributed by atoms with Crippen LogP contribution < -0.4 is 0 Å². The van der Waals surface area contributed by atoms with E-state index in [2.05, 4.69) is 4.98 Å². The minimum Gasteiger partial charge on any atom is -0.388 e. The number of hydrogen-bond acceptors (Lipinski definition) is 3. The third-order valence-corrected chi connectivity index (χ3v) is 1.16. The van der Waals surface area contributed by atoms with Crippen molar-refractivity contribution in [1.82, 2.24) is 4.98 Å². The maximum absolute atomic E-state index is 12.2. The van der Waals surface area contributed by atoms with Crippen molar-refractivity contribution in [2.45, 2.75) is 0 Å². The van der Waals surface area contributed by atoms with Crippen molar-refractivity contribution < 1.29 is 14.3 Å². The van der Waals surface area contributed by atoms with Gasteiger partial charge in [0.2, 0.25) is 5.78 Å². The molecule has 0 aromatic carbocycles. The van der Waals surface area contributed by atoms with E-state index in [1.165, 1.54) is 6.07 Å². The maximum Gasteiger partial charge on any atom is 0.206 e. The van der Waals surface area contributed by atoms with Gasteiger partial charge in [0.1, 0.15) is 18.1 Å². The molecule has 1 N–H and O–H groups in total. The molecule has 4 heteroatoms. The lowest BCUT2D eigenvalue weighted by molar-refractivity contribution is 0.0898. The Morgan fingerprint density at radius 3 is 2.82 bits per heavy atom. The fraction of sp³-hybridized carbons (Fsp3) is 0.143. The number of aromatic nitrogens is 1. The number of hydrogen-bond donors (Lipinski definition) is 1. The molecule has 0 saturated carbocycles. The summed E-state index contributed by atoms with van der Waals surface area (Å²) < 4.78 is 12.2. The number of rotatable bonds is 2. The van der Waals surface area contributed by atoms with E-state index in [0.29, 0.717) is 0 Å². The van der Waals surface area contributed by atoms with Crippen LogP contribution in [-0.4, -0.2) is 22.5 Å². The van der Waals surface area contributed by atoms with Gasteiger partial charge in [0.25, 0.3) is 0 Å². The molecule has 3 nitrogen and oxygen atoms in total. The molecule has 58 valence electrons. The third kappa shape index (κ3) is 1.81. The Kier molecular flexibility index (Phi) is 2.28. The minimum absolute atomic E-state index is 0.0777. The number of carbonyl (C=O) groups is 1. The molecule has 0 atom stereocenters. The molecule has 0 spiro atoms. The molecule has 0 aliphatic heterocycles. The SMILES string of the molecule is O=C(CO)c1ccc(F)cn1. The van der Waals surface area contributed by atoms with Gasteiger partial charge in [-0.25, -0.2) is 9.37 Å². The highest BCUT2D eigenvalue weighted by molar-refractivity contribution is 5.94. The molecule has 1 aromatic rings. The normalized spacial score (nSPS) is 9.64. The smallest absolute Gasteiger partial charge is 0.206 e.